The number of anilines is 2. The molecule has 0 bridgehead atoms. The molecule has 0 saturated heterocycles. The zero-order valence-electron chi connectivity index (χ0n) is 11.7. The minimum Gasteiger partial charge on any atom is -0.476 e. The van der Waals surface area contributed by atoms with E-state index in [9.17, 15) is 4.79 Å². The number of hydrogen-bond donors (Lipinski definition) is 1. The van der Waals surface area contributed by atoms with Gasteiger partial charge in [-0.3, -0.25) is 0 Å². The molecule has 0 fully saturated rings. The van der Waals surface area contributed by atoms with Crippen LogP contribution in [0.4, 0.5) is 11.5 Å². The Labute approximate surface area is 122 Å². The van der Waals surface area contributed by atoms with E-state index in [1.807, 2.05) is 12.1 Å². The fraction of sp³-hybridized carbons (Fsp3) is 0.267. The molecule has 3 rings (SSSR count). The van der Waals surface area contributed by atoms with Gasteiger partial charge in [-0.2, -0.15) is 0 Å². The minimum absolute atomic E-state index is 0.0360. The highest BCUT2D eigenvalue weighted by Gasteiger charge is 2.18. The number of aromatic nitrogens is 2. The van der Waals surface area contributed by atoms with Gasteiger partial charge in [0.05, 0.1) is 12.4 Å². The predicted molar refractivity (Wildman–Crippen MR) is 79.8 cm³/mol. The van der Waals surface area contributed by atoms with Crippen molar-refractivity contribution >= 4 is 17.5 Å². The van der Waals surface area contributed by atoms with Crippen LogP contribution in [-0.4, -0.2) is 41.2 Å². The fourth-order valence-electron chi connectivity index (χ4n) is 2.48. The second kappa shape index (κ2) is 5.40. The van der Waals surface area contributed by atoms with E-state index in [1.54, 1.807) is 0 Å². The summed E-state index contributed by atoms with van der Waals surface area (Å²) in [6.07, 6.45) is 2.83. The fourth-order valence-corrected chi connectivity index (χ4v) is 2.48. The lowest BCUT2D eigenvalue weighted by atomic mass is 10.1. The van der Waals surface area contributed by atoms with Crippen LogP contribution in [-0.2, 0) is 6.54 Å². The third kappa shape index (κ3) is 2.65. The lowest BCUT2D eigenvalue weighted by molar-refractivity contribution is 0.0690. The number of carbonyl (C=O) groups is 1. The van der Waals surface area contributed by atoms with Crippen molar-refractivity contribution in [2.45, 2.75) is 6.54 Å². The molecule has 21 heavy (non-hydrogen) atoms. The van der Waals surface area contributed by atoms with Crippen LogP contribution in [0.15, 0.2) is 36.7 Å². The van der Waals surface area contributed by atoms with Gasteiger partial charge in [0.25, 0.3) is 0 Å². The van der Waals surface area contributed by atoms with Gasteiger partial charge in [0.1, 0.15) is 5.82 Å². The quantitative estimate of drug-likeness (QED) is 0.904. The molecule has 1 aliphatic rings. The highest BCUT2D eigenvalue weighted by molar-refractivity contribution is 5.84. The molecule has 1 aromatic heterocycles. The molecule has 0 atom stereocenters. The number of nitrogens with zero attached hydrogens (tertiary/aromatic N) is 4. The molecule has 0 saturated carbocycles. The topological polar surface area (TPSA) is 69.6 Å². The Morgan fingerprint density at radius 1 is 1.19 bits per heavy atom. The number of hydrogen-bond acceptors (Lipinski definition) is 5. The summed E-state index contributed by atoms with van der Waals surface area (Å²) in [6.45, 7) is 2.42. The largest absolute Gasteiger partial charge is 0.476 e. The van der Waals surface area contributed by atoms with Crippen molar-refractivity contribution in [3.8, 4) is 0 Å². The number of fused-ring (bicyclic) bond motifs is 1. The summed E-state index contributed by atoms with van der Waals surface area (Å²) in [5, 5.41) is 8.87. The first kappa shape index (κ1) is 13.4. The lowest BCUT2D eigenvalue weighted by Crippen LogP contribution is -2.29. The van der Waals surface area contributed by atoms with Gasteiger partial charge in [-0.15, -0.1) is 0 Å². The van der Waals surface area contributed by atoms with Gasteiger partial charge in [0.2, 0.25) is 0 Å². The number of benzene rings is 1. The third-order valence-electron chi connectivity index (χ3n) is 3.65. The Bertz CT molecular complexity index is 657. The van der Waals surface area contributed by atoms with Gasteiger partial charge in [-0.25, -0.2) is 14.8 Å². The van der Waals surface area contributed by atoms with Crippen molar-refractivity contribution in [1.29, 1.82) is 0 Å². The van der Waals surface area contributed by atoms with Crippen molar-refractivity contribution < 1.29 is 9.90 Å². The lowest BCUT2D eigenvalue weighted by Gasteiger charge is -2.21. The van der Waals surface area contributed by atoms with Crippen LogP contribution in [0.25, 0.3) is 0 Å². The zero-order valence-corrected chi connectivity index (χ0v) is 11.7. The molecular weight excluding hydrogens is 268 g/mol. The SMILES string of the molecule is CN1CCN(c2cnc(C(=O)O)cn2)Cc2ccccc21. The van der Waals surface area contributed by atoms with Crippen LogP contribution >= 0.6 is 0 Å². The molecule has 0 aliphatic carbocycles. The molecule has 0 unspecified atom stereocenters. The highest BCUT2D eigenvalue weighted by atomic mass is 16.4. The Kier molecular flexibility index (Phi) is 3.43. The van der Waals surface area contributed by atoms with Crippen LogP contribution < -0.4 is 9.80 Å². The summed E-state index contributed by atoms with van der Waals surface area (Å²) in [7, 11) is 2.07. The first-order valence-corrected chi connectivity index (χ1v) is 6.74. The highest BCUT2D eigenvalue weighted by Crippen LogP contribution is 2.25. The summed E-state index contributed by atoms with van der Waals surface area (Å²) < 4.78 is 0. The van der Waals surface area contributed by atoms with E-state index in [1.165, 1.54) is 23.6 Å². The van der Waals surface area contributed by atoms with Crippen LogP contribution in [0.3, 0.4) is 0 Å². The molecule has 1 aromatic carbocycles. The number of rotatable bonds is 2. The molecule has 2 aromatic rings. The van der Waals surface area contributed by atoms with Gasteiger partial charge >= 0.3 is 5.97 Å². The van der Waals surface area contributed by atoms with E-state index < -0.39 is 5.97 Å². The van der Waals surface area contributed by atoms with Crippen molar-refractivity contribution in [2.75, 3.05) is 29.9 Å². The van der Waals surface area contributed by atoms with E-state index in [0.717, 1.165) is 19.6 Å². The summed E-state index contributed by atoms with van der Waals surface area (Å²) in [6, 6.07) is 8.27. The molecule has 2 heterocycles. The first-order valence-electron chi connectivity index (χ1n) is 6.74. The van der Waals surface area contributed by atoms with E-state index in [-0.39, 0.29) is 5.69 Å². The smallest absolute Gasteiger partial charge is 0.356 e. The number of para-hydroxylation sites is 1. The monoisotopic (exact) mass is 284 g/mol. The second-order valence-corrected chi connectivity index (χ2v) is 5.04. The predicted octanol–water partition coefficient (Wildman–Crippen LogP) is 1.63. The first-order chi connectivity index (χ1) is 10.1. The van der Waals surface area contributed by atoms with Crippen LogP contribution in [0.2, 0.25) is 0 Å². The third-order valence-corrected chi connectivity index (χ3v) is 3.65. The molecule has 6 heteroatoms. The van der Waals surface area contributed by atoms with E-state index in [4.69, 9.17) is 5.11 Å². The van der Waals surface area contributed by atoms with E-state index in [2.05, 4.69) is 38.9 Å². The van der Waals surface area contributed by atoms with Crippen molar-refractivity contribution in [2.24, 2.45) is 0 Å². The Morgan fingerprint density at radius 3 is 2.71 bits per heavy atom. The van der Waals surface area contributed by atoms with Gasteiger partial charge in [0, 0.05) is 32.4 Å². The molecular formula is C15H16N4O2. The standard InChI is InChI=1S/C15H16N4O2/c1-18-6-7-19(10-11-4-2-3-5-13(11)18)14-9-16-12(8-17-14)15(20)21/h2-5,8-9H,6-7,10H2,1H3,(H,20,21). The average Bonchev–Trinajstić information content (AvgIpc) is 2.67. The minimum atomic E-state index is -1.06. The summed E-state index contributed by atoms with van der Waals surface area (Å²) in [5.41, 5.74) is 2.41. The second-order valence-electron chi connectivity index (χ2n) is 5.04. The molecule has 0 spiro atoms. The average molecular weight is 284 g/mol. The maximum atomic E-state index is 10.8. The van der Waals surface area contributed by atoms with Crippen molar-refractivity contribution in [1.82, 2.24) is 9.97 Å². The number of likely N-dealkylation sites (N-methyl/N-ethyl adjacent to an activating group) is 1. The van der Waals surface area contributed by atoms with E-state index >= 15 is 0 Å². The van der Waals surface area contributed by atoms with Crippen LogP contribution in [0, 0.1) is 0 Å². The zero-order chi connectivity index (χ0) is 14.8. The Morgan fingerprint density at radius 2 is 2.00 bits per heavy atom. The summed E-state index contributed by atoms with van der Waals surface area (Å²) >= 11 is 0. The summed E-state index contributed by atoms with van der Waals surface area (Å²) in [5.74, 6) is -0.361. The van der Waals surface area contributed by atoms with Crippen molar-refractivity contribution in [3.63, 3.8) is 0 Å². The van der Waals surface area contributed by atoms with Gasteiger partial charge in [-0.1, -0.05) is 18.2 Å². The van der Waals surface area contributed by atoms with E-state index in [0.29, 0.717) is 5.82 Å². The van der Waals surface area contributed by atoms with Gasteiger partial charge < -0.3 is 14.9 Å². The number of carboxylic acid groups (broad SMARTS) is 1. The molecule has 1 aliphatic heterocycles. The van der Waals surface area contributed by atoms with Gasteiger partial charge in [-0.05, 0) is 11.6 Å². The molecule has 0 amide bonds. The molecule has 108 valence electrons. The number of carboxylic acids is 1. The van der Waals surface area contributed by atoms with Crippen LogP contribution in [0.1, 0.15) is 16.1 Å². The molecule has 0 radical (unpaired) electrons. The maximum Gasteiger partial charge on any atom is 0.356 e. The summed E-state index contributed by atoms with van der Waals surface area (Å²) in [4.78, 5) is 23.3. The molecule has 6 nitrogen and oxygen atoms in total. The number of aromatic carboxylic acids is 1. The van der Waals surface area contributed by atoms with Crippen molar-refractivity contribution in [3.05, 3.63) is 47.9 Å². The van der Waals surface area contributed by atoms with Gasteiger partial charge in [0.15, 0.2) is 5.69 Å². The Balaban J connectivity index is 1.88. The van der Waals surface area contributed by atoms with Crippen LogP contribution in [0.5, 0.6) is 0 Å². The molecule has 1 N–H and O–H groups in total. The maximum absolute atomic E-state index is 10.8. The normalized spacial score (nSPS) is 14.5. The Hall–Kier alpha value is -2.63.